The van der Waals surface area contributed by atoms with Crippen molar-refractivity contribution in [2.75, 3.05) is 7.05 Å². The van der Waals surface area contributed by atoms with Gasteiger partial charge in [0.25, 0.3) is 5.91 Å². The number of Topliss-reactive ketones (excluding diaryl/α,β-unsaturated/α-hetero) is 1. The lowest BCUT2D eigenvalue weighted by Crippen LogP contribution is -2.31. The molecule has 1 amide bonds. The Morgan fingerprint density at radius 3 is 2.71 bits per heavy atom. The van der Waals surface area contributed by atoms with E-state index in [-0.39, 0.29) is 5.57 Å². The second-order valence-electron chi connectivity index (χ2n) is 2.75. The average Bonchev–Trinajstić information content (AvgIpc) is 2.61. The summed E-state index contributed by atoms with van der Waals surface area (Å²) in [5.74, 6) is -1.38. The first-order valence-electron chi connectivity index (χ1n) is 4.02. The fourth-order valence-corrected chi connectivity index (χ4v) is 1.06. The molecule has 3 N–H and O–H groups in total. The monoisotopic (exact) mass is 193 g/mol. The van der Waals surface area contributed by atoms with Gasteiger partial charge in [0.05, 0.1) is 0 Å². The summed E-state index contributed by atoms with van der Waals surface area (Å²) < 4.78 is 0. The van der Waals surface area contributed by atoms with Crippen molar-refractivity contribution < 1.29 is 9.59 Å². The van der Waals surface area contributed by atoms with Crippen LogP contribution in [0.25, 0.3) is 0 Å². The summed E-state index contributed by atoms with van der Waals surface area (Å²) in [7, 11) is 1.38. The van der Waals surface area contributed by atoms with Crippen molar-refractivity contribution in [3.05, 3.63) is 23.8 Å². The predicted molar refractivity (Wildman–Crippen MR) is 52.8 cm³/mol. The van der Waals surface area contributed by atoms with Crippen LogP contribution in [-0.2, 0) is 9.59 Å². The number of carbonyl (C=O) groups is 2. The van der Waals surface area contributed by atoms with Crippen molar-refractivity contribution in [2.24, 2.45) is 10.7 Å². The van der Waals surface area contributed by atoms with Crippen LogP contribution < -0.4 is 11.1 Å². The minimum absolute atomic E-state index is 0.0920. The molecule has 1 aliphatic rings. The molecule has 0 aromatic rings. The Morgan fingerprint density at radius 2 is 2.29 bits per heavy atom. The zero-order valence-electron chi connectivity index (χ0n) is 7.78. The third-order valence-electron chi connectivity index (χ3n) is 1.88. The van der Waals surface area contributed by atoms with E-state index in [1.165, 1.54) is 13.3 Å². The standard InChI is InChI=1S/C9H11N3O2/c1-5(7(13)9(14)11-2)6-3-4-12-8(6)10/h3-4,8H,1,10H2,2H3,(H,11,14). The first-order valence-corrected chi connectivity index (χ1v) is 4.02. The topological polar surface area (TPSA) is 84.5 Å². The third kappa shape index (κ3) is 1.77. The van der Waals surface area contributed by atoms with Crippen molar-refractivity contribution in [3.8, 4) is 0 Å². The van der Waals surface area contributed by atoms with Crippen LogP contribution in [0.15, 0.2) is 28.8 Å². The van der Waals surface area contributed by atoms with Crippen LogP contribution in [0, 0.1) is 0 Å². The fourth-order valence-electron chi connectivity index (χ4n) is 1.06. The molecule has 1 heterocycles. The molecule has 0 radical (unpaired) electrons. The van der Waals surface area contributed by atoms with E-state index in [0.717, 1.165) is 0 Å². The lowest BCUT2D eigenvalue weighted by atomic mass is 10.0. The molecule has 1 unspecified atom stereocenters. The van der Waals surface area contributed by atoms with Gasteiger partial charge in [-0.1, -0.05) is 6.58 Å². The Balaban J connectivity index is 2.77. The van der Waals surface area contributed by atoms with Crippen molar-refractivity contribution in [3.63, 3.8) is 0 Å². The van der Waals surface area contributed by atoms with Crippen molar-refractivity contribution in [2.45, 2.75) is 6.17 Å². The molecule has 5 heteroatoms. The van der Waals surface area contributed by atoms with Gasteiger partial charge in [0, 0.05) is 24.4 Å². The largest absolute Gasteiger partial charge is 0.352 e. The summed E-state index contributed by atoms with van der Waals surface area (Å²) >= 11 is 0. The van der Waals surface area contributed by atoms with Crippen molar-refractivity contribution in [1.29, 1.82) is 0 Å². The number of nitrogens with zero attached hydrogens (tertiary/aromatic N) is 1. The van der Waals surface area contributed by atoms with E-state index < -0.39 is 17.9 Å². The van der Waals surface area contributed by atoms with Gasteiger partial charge in [0.1, 0.15) is 6.17 Å². The summed E-state index contributed by atoms with van der Waals surface area (Å²) in [5.41, 5.74) is 6.13. The highest BCUT2D eigenvalue weighted by molar-refractivity contribution is 6.43. The summed E-state index contributed by atoms with van der Waals surface area (Å²) in [5, 5.41) is 2.23. The molecule has 0 spiro atoms. The SMILES string of the molecule is C=C(C(=O)C(=O)NC)C1=CC=NC1N. The maximum absolute atomic E-state index is 11.3. The zero-order valence-corrected chi connectivity index (χ0v) is 7.78. The number of allylic oxidation sites excluding steroid dienone is 1. The number of nitrogens with two attached hydrogens (primary N) is 1. The number of nitrogens with one attached hydrogen (secondary N) is 1. The Labute approximate surface area is 81.4 Å². The van der Waals surface area contributed by atoms with Crippen molar-refractivity contribution in [1.82, 2.24) is 5.32 Å². The number of hydrogen-bond donors (Lipinski definition) is 2. The molecule has 0 aromatic heterocycles. The van der Waals surface area contributed by atoms with E-state index >= 15 is 0 Å². The highest BCUT2D eigenvalue weighted by Crippen LogP contribution is 2.16. The molecular weight excluding hydrogens is 182 g/mol. The molecule has 0 aromatic carbocycles. The number of hydrogen-bond acceptors (Lipinski definition) is 4. The van der Waals surface area contributed by atoms with Crippen LogP contribution in [0.1, 0.15) is 0 Å². The molecule has 0 saturated heterocycles. The van der Waals surface area contributed by atoms with E-state index in [4.69, 9.17) is 5.73 Å². The first-order chi connectivity index (χ1) is 6.57. The van der Waals surface area contributed by atoms with Crippen LogP contribution in [0.3, 0.4) is 0 Å². The minimum Gasteiger partial charge on any atom is -0.352 e. The molecule has 1 rings (SSSR count). The zero-order chi connectivity index (χ0) is 10.7. The molecule has 74 valence electrons. The molecule has 0 bridgehead atoms. The Hall–Kier alpha value is -1.75. The molecular formula is C9H11N3O2. The number of amides is 1. The Bertz CT molecular complexity index is 355. The van der Waals surface area contributed by atoms with Crippen molar-refractivity contribution >= 4 is 17.9 Å². The normalized spacial score (nSPS) is 19.0. The van der Waals surface area contributed by atoms with Gasteiger partial charge in [0.15, 0.2) is 0 Å². The number of likely N-dealkylation sites (N-methyl/N-ethyl adjacent to an activating group) is 1. The average molecular weight is 193 g/mol. The van der Waals surface area contributed by atoms with Gasteiger partial charge in [0.2, 0.25) is 5.78 Å². The second-order valence-corrected chi connectivity index (χ2v) is 2.75. The lowest BCUT2D eigenvalue weighted by Gasteiger charge is -2.08. The number of aliphatic imine (C=N–C) groups is 1. The molecule has 1 aliphatic heterocycles. The highest BCUT2D eigenvalue weighted by atomic mass is 16.2. The van der Waals surface area contributed by atoms with E-state index in [2.05, 4.69) is 16.9 Å². The second kappa shape index (κ2) is 3.97. The summed E-state index contributed by atoms with van der Waals surface area (Å²) in [6.45, 7) is 3.52. The Kier molecular flexibility index (Phi) is 2.93. The highest BCUT2D eigenvalue weighted by Gasteiger charge is 2.23. The third-order valence-corrected chi connectivity index (χ3v) is 1.88. The van der Waals surface area contributed by atoms with E-state index in [0.29, 0.717) is 5.57 Å². The smallest absolute Gasteiger partial charge is 0.292 e. The van der Waals surface area contributed by atoms with E-state index in [1.54, 1.807) is 6.08 Å². The van der Waals surface area contributed by atoms with Crippen LogP contribution in [-0.4, -0.2) is 31.1 Å². The van der Waals surface area contributed by atoms with E-state index in [1.807, 2.05) is 0 Å². The van der Waals surface area contributed by atoms with Gasteiger partial charge in [-0.05, 0) is 6.08 Å². The van der Waals surface area contributed by atoms with E-state index in [9.17, 15) is 9.59 Å². The molecule has 1 atom stereocenters. The first kappa shape index (κ1) is 10.3. The molecule has 0 aliphatic carbocycles. The quantitative estimate of drug-likeness (QED) is 0.452. The van der Waals surface area contributed by atoms with Gasteiger partial charge >= 0.3 is 0 Å². The fraction of sp³-hybridized carbons (Fsp3) is 0.222. The predicted octanol–water partition coefficient (Wildman–Crippen LogP) is -0.847. The number of carbonyl (C=O) groups excluding carboxylic acids is 2. The van der Waals surface area contributed by atoms with Gasteiger partial charge in [-0.2, -0.15) is 0 Å². The van der Waals surface area contributed by atoms with Crippen LogP contribution in [0.2, 0.25) is 0 Å². The summed E-state index contributed by atoms with van der Waals surface area (Å²) in [6, 6.07) is 0. The van der Waals surface area contributed by atoms with Gasteiger partial charge < -0.3 is 11.1 Å². The molecule has 5 nitrogen and oxygen atoms in total. The summed E-state index contributed by atoms with van der Waals surface area (Å²) in [4.78, 5) is 26.2. The van der Waals surface area contributed by atoms with Crippen LogP contribution >= 0.6 is 0 Å². The molecule has 0 saturated carbocycles. The maximum Gasteiger partial charge on any atom is 0.292 e. The molecule has 14 heavy (non-hydrogen) atoms. The maximum atomic E-state index is 11.3. The van der Waals surface area contributed by atoms with Gasteiger partial charge in [-0.25, -0.2) is 0 Å². The Morgan fingerprint density at radius 1 is 1.64 bits per heavy atom. The van der Waals surface area contributed by atoms with Gasteiger partial charge in [-0.15, -0.1) is 0 Å². The van der Waals surface area contributed by atoms with Crippen LogP contribution in [0.5, 0.6) is 0 Å². The lowest BCUT2D eigenvalue weighted by molar-refractivity contribution is -0.135. The molecule has 0 fully saturated rings. The van der Waals surface area contributed by atoms with Crippen LogP contribution in [0.4, 0.5) is 0 Å². The summed E-state index contributed by atoms with van der Waals surface area (Å²) in [6.07, 6.45) is 2.48. The van der Waals surface area contributed by atoms with Gasteiger partial charge in [-0.3, -0.25) is 14.6 Å². The minimum atomic E-state index is -0.699. The number of rotatable bonds is 3. The number of ketones is 1.